The number of aliphatic hydroxyl groups excluding tert-OH is 1. The van der Waals surface area contributed by atoms with Crippen LogP contribution in [0.5, 0.6) is 0 Å². The summed E-state index contributed by atoms with van der Waals surface area (Å²) in [6.07, 6.45) is -1.26. The molecule has 1 aliphatic rings. The number of hydrogen-bond donors (Lipinski definition) is 3. The van der Waals surface area contributed by atoms with Crippen LogP contribution in [0.4, 0.5) is 9.59 Å². The Morgan fingerprint density at radius 3 is 2.67 bits per heavy atom. The van der Waals surface area contributed by atoms with Crippen molar-refractivity contribution in [3.63, 3.8) is 0 Å². The lowest BCUT2D eigenvalue weighted by molar-refractivity contribution is 0.104. The fourth-order valence-electron chi connectivity index (χ4n) is 2.40. The maximum Gasteiger partial charge on any atom is 0.407 e. The number of aliphatic hydroxyl groups is 1. The van der Waals surface area contributed by atoms with Gasteiger partial charge in [0.05, 0.1) is 18.7 Å². The molecule has 2 amide bonds. The first-order valence-electron chi connectivity index (χ1n) is 6.69. The highest BCUT2D eigenvalue weighted by Gasteiger charge is 2.37. The van der Waals surface area contributed by atoms with Crippen LogP contribution >= 0.6 is 0 Å². The van der Waals surface area contributed by atoms with Crippen LogP contribution in [0.25, 0.3) is 0 Å². The molecule has 0 saturated carbocycles. The molecule has 1 aromatic carbocycles. The molecule has 1 fully saturated rings. The number of nitrogens with one attached hydrogen (secondary N) is 1. The van der Waals surface area contributed by atoms with Crippen molar-refractivity contribution >= 4 is 12.2 Å². The summed E-state index contributed by atoms with van der Waals surface area (Å²) in [5.74, 6) is 0. The van der Waals surface area contributed by atoms with E-state index in [9.17, 15) is 14.7 Å². The van der Waals surface area contributed by atoms with Crippen LogP contribution in [0.15, 0.2) is 30.3 Å². The van der Waals surface area contributed by atoms with Crippen molar-refractivity contribution in [3.8, 4) is 0 Å². The van der Waals surface area contributed by atoms with Gasteiger partial charge in [-0.05, 0) is 12.0 Å². The Bertz CT molecular complexity index is 493. The Hall–Kier alpha value is -2.28. The van der Waals surface area contributed by atoms with Crippen LogP contribution in [0, 0.1) is 0 Å². The number of amides is 2. The van der Waals surface area contributed by atoms with Crippen LogP contribution in [0.1, 0.15) is 12.0 Å². The number of benzene rings is 1. The number of nitrogens with zero attached hydrogens (tertiary/aromatic N) is 1. The van der Waals surface area contributed by atoms with E-state index >= 15 is 0 Å². The van der Waals surface area contributed by atoms with Crippen molar-refractivity contribution in [2.75, 3.05) is 13.2 Å². The SMILES string of the molecule is O=C(N[C@H]1CCN(C(=O)O)[C@@H]1CO)OCc1ccccc1. The van der Waals surface area contributed by atoms with Crippen LogP contribution in [-0.4, -0.2) is 52.5 Å². The summed E-state index contributed by atoms with van der Waals surface area (Å²) in [6, 6.07) is 8.17. The molecule has 0 unspecified atom stereocenters. The van der Waals surface area contributed by atoms with Crippen molar-refractivity contribution in [1.29, 1.82) is 0 Å². The third kappa shape index (κ3) is 3.85. The van der Waals surface area contributed by atoms with Crippen LogP contribution in [0.2, 0.25) is 0 Å². The smallest absolute Gasteiger partial charge is 0.407 e. The number of carbonyl (C=O) groups excluding carboxylic acids is 1. The first-order valence-corrected chi connectivity index (χ1v) is 6.69. The van der Waals surface area contributed by atoms with Gasteiger partial charge in [-0.3, -0.25) is 0 Å². The molecule has 21 heavy (non-hydrogen) atoms. The van der Waals surface area contributed by atoms with E-state index in [-0.39, 0.29) is 19.8 Å². The zero-order valence-corrected chi connectivity index (χ0v) is 11.4. The summed E-state index contributed by atoms with van der Waals surface area (Å²) in [5.41, 5.74) is 0.866. The van der Waals surface area contributed by atoms with E-state index in [1.54, 1.807) is 0 Å². The van der Waals surface area contributed by atoms with Crippen LogP contribution in [-0.2, 0) is 11.3 Å². The van der Waals surface area contributed by atoms with Gasteiger partial charge in [0, 0.05) is 6.54 Å². The quantitative estimate of drug-likeness (QED) is 0.770. The first-order chi connectivity index (χ1) is 10.1. The zero-order chi connectivity index (χ0) is 15.2. The number of alkyl carbamates (subject to hydrolysis) is 1. The standard InChI is InChI=1S/C14H18N2O5/c17-8-12-11(6-7-16(12)14(19)20)15-13(18)21-9-10-4-2-1-3-5-10/h1-5,11-12,17H,6-9H2,(H,15,18)(H,19,20)/t11-,12+/m0/s1. The number of carboxylic acid groups (broad SMARTS) is 1. The summed E-state index contributed by atoms with van der Waals surface area (Å²) < 4.78 is 5.08. The third-order valence-corrected chi connectivity index (χ3v) is 3.49. The molecule has 0 aliphatic carbocycles. The average Bonchev–Trinajstić information content (AvgIpc) is 2.89. The summed E-state index contributed by atoms with van der Waals surface area (Å²) in [5, 5.41) is 20.9. The van der Waals surface area contributed by atoms with Gasteiger partial charge in [-0.25, -0.2) is 9.59 Å². The molecule has 1 saturated heterocycles. The molecule has 0 spiro atoms. The summed E-state index contributed by atoms with van der Waals surface area (Å²) >= 11 is 0. The third-order valence-electron chi connectivity index (χ3n) is 3.49. The summed E-state index contributed by atoms with van der Waals surface area (Å²) in [4.78, 5) is 23.8. The predicted molar refractivity (Wildman–Crippen MR) is 73.8 cm³/mol. The molecule has 3 N–H and O–H groups in total. The number of likely N-dealkylation sites (tertiary alicyclic amines) is 1. The van der Waals surface area contributed by atoms with Crippen molar-refractivity contribution < 1.29 is 24.5 Å². The second-order valence-corrected chi connectivity index (χ2v) is 4.83. The van der Waals surface area contributed by atoms with Gasteiger partial charge >= 0.3 is 12.2 Å². The van der Waals surface area contributed by atoms with E-state index in [2.05, 4.69) is 5.32 Å². The highest BCUT2D eigenvalue weighted by Crippen LogP contribution is 2.18. The Labute approximate surface area is 122 Å². The van der Waals surface area contributed by atoms with E-state index in [1.165, 1.54) is 0 Å². The van der Waals surface area contributed by atoms with E-state index in [1.807, 2.05) is 30.3 Å². The average molecular weight is 294 g/mol. The largest absolute Gasteiger partial charge is 0.465 e. The fraction of sp³-hybridized carbons (Fsp3) is 0.429. The van der Waals surface area contributed by atoms with Gasteiger partial charge < -0.3 is 25.2 Å². The van der Waals surface area contributed by atoms with Crippen molar-refractivity contribution in [2.45, 2.75) is 25.1 Å². The van der Waals surface area contributed by atoms with Gasteiger partial charge in [0.1, 0.15) is 6.61 Å². The van der Waals surface area contributed by atoms with Crippen molar-refractivity contribution in [1.82, 2.24) is 10.2 Å². The molecule has 1 aromatic rings. The molecule has 7 heteroatoms. The molecule has 0 radical (unpaired) electrons. The Morgan fingerprint density at radius 1 is 1.33 bits per heavy atom. The highest BCUT2D eigenvalue weighted by molar-refractivity contribution is 5.69. The van der Waals surface area contributed by atoms with Gasteiger partial charge in [0.25, 0.3) is 0 Å². The van der Waals surface area contributed by atoms with Gasteiger partial charge in [-0.15, -0.1) is 0 Å². The minimum atomic E-state index is -1.10. The Kier molecular flexibility index (Phi) is 4.99. The molecule has 114 valence electrons. The maximum absolute atomic E-state index is 11.7. The molecular formula is C14H18N2O5. The summed E-state index contributed by atoms with van der Waals surface area (Å²) in [6.45, 7) is 0.0892. The normalized spacial score (nSPS) is 21.1. The molecule has 2 atom stereocenters. The molecule has 2 rings (SSSR count). The van der Waals surface area contributed by atoms with Crippen molar-refractivity contribution in [3.05, 3.63) is 35.9 Å². The highest BCUT2D eigenvalue weighted by atomic mass is 16.5. The van der Waals surface area contributed by atoms with Crippen LogP contribution < -0.4 is 5.32 Å². The number of rotatable bonds is 4. The lowest BCUT2D eigenvalue weighted by Gasteiger charge is -2.24. The molecule has 0 aromatic heterocycles. The lowest BCUT2D eigenvalue weighted by atomic mass is 10.1. The zero-order valence-electron chi connectivity index (χ0n) is 11.4. The molecule has 7 nitrogen and oxygen atoms in total. The Morgan fingerprint density at radius 2 is 2.05 bits per heavy atom. The van der Waals surface area contributed by atoms with E-state index in [0.29, 0.717) is 6.42 Å². The minimum absolute atomic E-state index is 0.145. The molecular weight excluding hydrogens is 276 g/mol. The summed E-state index contributed by atoms with van der Waals surface area (Å²) in [7, 11) is 0. The monoisotopic (exact) mass is 294 g/mol. The number of ether oxygens (including phenoxy) is 1. The predicted octanol–water partition coefficient (Wildman–Crippen LogP) is 1.03. The van der Waals surface area contributed by atoms with Gasteiger partial charge in [0.2, 0.25) is 0 Å². The van der Waals surface area contributed by atoms with E-state index in [0.717, 1.165) is 10.5 Å². The van der Waals surface area contributed by atoms with Gasteiger partial charge in [0.15, 0.2) is 0 Å². The first kappa shape index (κ1) is 15.1. The van der Waals surface area contributed by atoms with Crippen molar-refractivity contribution in [2.24, 2.45) is 0 Å². The van der Waals surface area contributed by atoms with Gasteiger partial charge in [-0.1, -0.05) is 30.3 Å². The minimum Gasteiger partial charge on any atom is -0.465 e. The topological polar surface area (TPSA) is 99.1 Å². The fourth-order valence-corrected chi connectivity index (χ4v) is 2.40. The Balaban J connectivity index is 1.84. The van der Waals surface area contributed by atoms with Crippen LogP contribution in [0.3, 0.4) is 0 Å². The second kappa shape index (κ2) is 6.94. The lowest BCUT2D eigenvalue weighted by Crippen LogP contribution is -2.48. The molecule has 1 aliphatic heterocycles. The maximum atomic E-state index is 11.7. The van der Waals surface area contributed by atoms with E-state index in [4.69, 9.17) is 9.84 Å². The van der Waals surface area contributed by atoms with Gasteiger partial charge in [-0.2, -0.15) is 0 Å². The molecule has 1 heterocycles. The second-order valence-electron chi connectivity index (χ2n) is 4.83. The molecule has 0 bridgehead atoms. The number of hydrogen-bond acceptors (Lipinski definition) is 4. The van der Waals surface area contributed by atoms with E-state index < -0.39 is 24.3 Å². The number of carbonyl (C=O) groups is 2.